The highest BCUT2D eigenvalue weighted by Crippen LogP contribution is 2.42. The fraction of sp³-hybridized carbons (Fsp3) is 0. The van der Waals surface area contributed by atoms with Crippen molar-refractivity contribution in [2.45, 2.75) is 0 Å². The van der Waals surface area contributed by atoms with Crippen molar-refractivity contribution in [1.29, 1.82) is 0 Å². The average molecular weight is 831 g/mol. The Bertz CT molecular complexity index is 4010. The maximum absolute atomic E-state index is 7.33. The van der Waals surface area contributed by atoms with Crippen LogP contribution in [0, 0.1) is 0 Å². The molecule has 0 heterocycles. The van der Waals surface area contributed by atoms with Gasteiger partial charge < -0.3 is 0 Å². The van der Waals surface area contributed by atoms with Crippen LogP contribution >= 0.6 is 0 Å². The van der Waals surface area contributed by atoms with Crippen molar-refractivity contribution in [2.24, 2.45) is 0 Å². The van der Waals surface area contributed by atoms with Crippen LogP contribution in [0.1, 0.15) is 0 Å². The molecule has 0 fully saturated rings. The van der Waals surface area contributed by atoms with E-state index < -0.39 is 0 Å². The maximum atomic E-state index is 7.33. The molecule has 9 aromatic carbocycles. The zero-order valence-electron chi connectivity index (χ0n) is 38.2. The van der Waals surface area contributed by atoms with Crippen molar-refractivity contribution in [3.8, 4) is 33.4 Å². The van der Waals surface area contributed by atoms with Gasteiger partial charge in [-0.2, -0.15) is 0 Å². The van der Waals surface area contributed by atoms with Crippen LogP contribution in [0.4, 0.5) is 0 Å². The summed E-state index contributed by atoms with van der Waals surface area (Å²) in [7, 11) is 190. The second-order valence-electron chi connectivity index (χ2n) is 17.6. The van der Waals surface area contributed by atoms with Crippen molar-refractivity contribution < 1.29 is 0 Å². The highest BCUT2D eigenvalue weighted by atomic mass is 14.3. The lowest BCUT2D eigenvalue weighted by Gasteiger charge is -2.34. The van der Waals surface area contributed by atoms with Gasteiger partial charge in [0, 0.05) is 0 Å². The zero-order valence-corrected chi connectivity index (χ0v) is 38.2. The van der Waals surface area contributed by atoms with Crippen LogP contribution in [-0.2, 0) is 0 Å². The smallest absolute Gasteiger partial charge is 0.110 e. The predicted molar refractivity (Wildman–Crippen MR) is 341 cm³/mol. The molecule has 28 heteroatoms. The lowest BCUT2D eigenvalue weighted by atomic mass is 9.55. The monoisotopic (exact) mass is 836 g/mol. The minimum Gasteiger partial charge on any atom is -0.110 e. The lowest BCUT2D eigenvalue weighted by molar-refractivity contribution is 1.83. The standard InChI is InChI=1S/C44B28/c45-17-3(8-9(24(52)40(68)39(67)23(8)51)10-12(17)32(60)42(70)41(69)25(10)53)1-4-6(21(49)37(65)35(63)19(4)47)2(7-5(1)20(48)36(64)38(66)22(7)50)11-26(54)29(57)15(30(58)27(11)55)13-18(46)14-16(31(59)28(13)56)34(62)44(72)43(71)33(14)61. The Morgan fingerprint density at radius 3 is 0.528 bits per heavy atom. The first-order chi connectivity index (χ1) is 33.5. The molecular formula is C44B28. The van der Waals surface area contributed by atoms with Gasteiger partial charge in [-0.15, -0.1) is 54.6 Å². The number of rotatable bonds is 3. The molecule has 0 aliphatic carbocycles. The third-order valence-electron chi connectivity index (χ3n) is 14.1. The summed E-state index contributed by atoms with van der Waals surface area (Å²) < 4.78 is 0. The molecule has 0 saturated carbocycles. The first-order valence-electron chi connectivity index (χ1n) is 21.1. The number of fused-ring (bicyclic) bond motifs is 6. The SMILES string of the molecule is [B]c1c([B])c(-c2c3c([B])c([B])c([B])c([B])c3c(-c3c([B])c4c([B])c([B])c([B])c([B])c4c4c([B])c([B])c([B])c([B])c34)c3c([B])c([B])c([B])c([B])c23)c([B])c([B])c1-c1c([B])c([B])c2c([B])c([B])c([B])c([B])c2c1[B]. The summed E-state index contributed by atoms with van der Waals surface area (Å²) in [5, 5.41) is 0.325. The Balaban J connectivity index is 1.60. The molecule has 0 aliphatic rings. The van der Waals surface area contributed by atoms with Crippen molar-refractivity contribution in [3.05, 3.63) is 0 Å². The highest BCUT2D eigenvalue weighted by Gasteiger charge is 2.31. The summed E-state index contributed by atoms with van der Waals surface area (Å²) in [6.45, 7) is 0. The first-order valence-corrected chi connectivity index (χ1v) is 21.1. The Morgan fingerprint density at radius 2 is 0.222 bits per heavy atom. The van der Waals surface area contributed by atoms with Gasteiger partial charge in [-0.25, -0.2) is 0 Å². The van der Waals surface area contributed by atoms with E-state index in [4.69, 9.17) is 220 Å². The molecule has 0 spiro atoms. The van der Waals surface area contributed by atoms with Crippen LogP contribution in [-0.4, -0.2) is 220 Å². The largest absolute Gasteiger partial charge is 0.115 e. The third kappa shape index (κ3) is 6.72. The van der Waals surface area contributed by atoms with Gasteiger partial charge >= 0.3 is 0 Å². The summed E-state index contributed by atoms with van der Waals surface area (Å²) in [6, 6.07) is 0. The number of benzene rings is 9. The van der Waals surface area contributed by atoms with Gasteiger partial charge in [-0.3, -0.25) is 0 Å². The van der Waals surface area contributed by atoms with Gasteiger partial charge in [-0.05, 0) is 87.2 Å². The van der Waals surface area contributed by atoms with E-state index in [9.17, 15) is 0 Å². The summed E-state index contributed by atoms with van der Waals surface area (Å²) in [6.07, 6.45) is 0. The van der Waals surface area contributed by atoms with Crippen LogP contribution in [0.5, 0.6) is 0 Å². The molecule has 0 nitrogen and oxygen atoms in total. The zero-order chi connectivity index (χ0) is 53.4. The number of hydrogen-bond acceptors (Lipinski definition) is 0. The van der Waals surface area contributed by atoms with E-state index in [0.717, 1.165) is 0 Å². The molecule has 9 rings (SSSR count). The van der Waals surface area contributed by atoms with Crippen LogP contribution in [0.3, 0.4) is 0 Å². The van der Waals surface area contributed by atoms with E-state index in [1.165, 1.54) is 0 Å². The number of hydrogen-bond donors (Lipinski definition) is 0. The molecule has 260 valence electrons. The van der Waals surface area contributed by atoms with Gasteiger partial charge in [0.05, 0.1) is 0 Å². The van der Waals surface area contributed by atoms with Gasteiger partial charge in [0.25, 0.3) is 0 Å². The van der Waals surface area contributed by atoms with E-state index in [0.29, 0.717) is 0 Å². The quantitative estimate of drug-likeness (QED) is 0.0945. The fourth-order valence-electron chi connectivity index (χ4n) is 10.2. The van der Waals surface area contributed by atoms with Gasteiger partial charge in [0.1, 0.15) is 220 Å². The normalized spacial score (nSPS) is 11.8. The summed E-state index contributed by atoms with van der Waals surface area (Å²) >= 11 is 0. The molecule has 0 saturated heterocycles. The second-order valence-corrected chi connectivity index (χ2v) is 17.6. The Labute approximate surface area is 456 Å². The Kier molecular flexibility index (Phi) is 13.1. The van der Waals surface area contributed by atoms with Crippen LogP contribution in [0.25, 0.3) is 87.2 Å². The Hall–Kier alpha value is -3.90. The van der Waals surface area contributed by atoms with E-state index in [-0.39, 0.29) is 240 Å². The van der Waals surface area contributed by atoms with Gasteiger partial charge in [0.15, 0.2) is 0 Å². The molecule has 0 bridgehead atoms. The second kappa shape index (κ2) is 17.9. The van der Waals surface area contributed by atoms with Crippen molar-refractivity contribution >= 4 is 427 Å². The highest BCUT2D eigenvalue weighted by molar-refractivity contribution is 6.78. The molecule has 0 unspecified atom stereocenters. The minimum absolute atomic E-state index is 0.0118. The van der Waals surface area contributed by atoms with E-state index >= 15 is 0 Å². The van der Waals surface area contributed by atoms with Crippen molar-refractivity contribution in [3.63, 3.8) is 0 Å². The first kappa shape index (κ1) is 52.9. The average Bonchev–Trinajstić information content (AvgIpc) is 3.35. The third-order valence-corrected chi connectivity index (χ3v) is 14.1. The van der Waals surface area contributed by atoms with Crippen LogP contribution < -0.4 is 153 Å². The molecule has 56 radical (unpaired) electrons. The lowest BCUT2D eigenvalue weighted by Crippen LogP contribution is -2.53. The summed E-state index contributed by atoms with van der Waals surface area (Å²) in [5.41, 5.74) is -4.85. The van der Waals surface area contributed by atoms with Crippen molar-refractivity contribution in [1.82, 2.24) is 0 Å². The van der Waals surface area contributed by atoms with Gasteiger partial charge in [-0.1, -0.05) is 98.3 Å². The topological polar surface area (TPSA) is 0 Å². The maximum Gasteiger partial charge on any atom is 0.115 e. The molecule has 0 N–H and O–H groups in total. The molecule has 0 aromatic heterocycles. The molecule has 72 heavy (non-hydrogen) atoms. The molecule has 0 aliphatic heterocycles. The predicted octanol–water partition coefficient (Wildman–Crippen LogP) is -21.3. The molecule has 0 amide bonds. The summed E-state index contributed by atoms with van der Waals surface area (Å²) in [4.78, 5) is 0. The summed E-state index contributed by atoms with van der Waals surface area (Å²) in [5.74, 6) is 0. The van der Waals surface area contributed by atoms with E-state index in [1.54, 1.807) is 0 Å². The van der Waals surface area contributed by atoms with E-state index in [2.05, 4.69) is 0 Å². The minimum atomic E-state index is -0.275. The molecular weight excluding hydrogens is 831 g/mol. The van der Waals surface area contributed by atoms with E-state index in [1.807, 2.05) is 0 Å². The van der Waals surface area contributed by atoms with Crippen LogP contribution in [0.15, 0.2) is 0 Å². The molecule has 9 aromatic rings. The van der Waals surface area contributed by atoms with Crippen LogP contribution in [0.2, 0.25) is 0 Å². The van der Waals surface area contributed by atoms with Gasteiger partial charge in [0.2, 0.25) is 0 Å². The Morgan fingerprint density at radius 1 is 0.0833 bits per heavy atom. The van der Waals surface area contributed by atoms with Crippen molar-refractivity contribution in [2.75, 3.05) is 0 Å². The fourth-order valence-corrected chi connectivity index (χ4v) is 10.2. The molecule has 0 atom stereocenters.